The highest BCUT2D eigenvalue weighted by Crippen LogP contribution is 2.27. The zero-order valence-corrected chi connectivity index (χ0v) is 13.8. The van der Waals surface area contributed by atoms with Crippen LogP contribution in [0.25, 0.3) is 0 Å². The molecule has 0 aliphatic heterocycles. The maximum atomic E-state index is 11.9. The Morgan fingerprint density at radius 3 is 2.38 bits per heavy atom. The van der Waals surface area contributed by atoms with Gasteiger partial charge in [0.05, 0.1) is 12.5 Å². The molecular weight excluding hydrogens is 296 g/mol. The molecule has 0 spiro atoms. The van der Waals surface area contributed by atoms with E-state index in [0.29, 0.717) is 6.42 Å². The highest BCUT2D eigenvalue weighted by molar-refractivity contribution is 7.91. The molecule has 0 bridgehead atoms. The molecule has 0 aliphatic rings. The topological polar surface area (TPSA) is 115 Å². The second-order valence-electron chi connectivity index (χ2n) is 6.13. The van der Waals surface area contributed by atoms with Gasteiger partial charge >= 0.3 is 5.97 Å². The molecule has 0 saturated carbocycles. The van der Waals surface area contributed by atoms with Crippen LogP contribution in [-0.4, -0.2) is 46.0 Å². The predicted molar refractivity (Wildman–Crippen MR) is 76.3 cm³/mol. The minimum atomic E-state index is -3.44. The molecule has 0 saturated heterocycles. The van der Waals surface area contributed by atoms with Gasteiger partial charge in [-0.05, 0) is 36.6 Å². The van der Waals surface area contributed by atoms with E-state index in [-0.39, 0.29) is 18.3 Å². The van der Waals surface area contributed by atoms with Crippen LogP contribution in [0.2, 0.25) is 0 Å². The van der Waals surface area contributed by atoms with E-state index in [4.69, 9.17) is 0 Å². The summed E-state index contributed by atoms with van der Waals surface area (Å²) < 4.78 is 23.8. The molecule has 0 fully saturated rings. The minimum absolute atomic E-state index is 0.0504. The van der Waals surface area contributed by atoms with Crippen LogP contribution in [0.1, 0.15) is 39.9 Å². The molecule has 1 unspecified atom stereocenters. The van der Waals surface area contributed by atoms with Gasteiger partial charge in [0.15, 0.2) is 15.7 Å². The number of sulfone groups is 1. The van der Waals surface area contributed by atoms with E-state index in [0.717, 1.165) is 6.26 Å². The highest BCUT2D eigenvalue weighted by atomic mass is 32.2. The quantitative estimate of drug-likeness (QED) is 0.786. The minimum Gasteiger partial charge on any atom is -0.481 e. The Morgan fingerprint density at radius 2 is 1.95 bits per heavy atom. The van der Waals surface area contributed by atoms with E-state index in [9.17, 15) is 18.3 Å². The Bertz CT molecular complexity index is 607. The fourth-order valence-electron chi connectivity index (χ4n) is 1.96. The summed E-state index contributed by atoms with van der Waals surface area (Å²) in [6.07, 6.45) is 1.57. The van der Waals surface area contributed by atoms with Crippen molar-refractivity contribution in [2.45, 2.75) is 45.4 Å². The van der Waals surface area contributed by atoms with Gasteiger partial charge in [-0.25, -0.2) is 13.1 Å². The first-order valence-electron chi connectivity index (χ1n) is 6.65. The van der Waals surface area contributed by atoms with E-state index >= 15 is 0 Å². The van der Waals surface area contributed by atoms with Gasteiger partial charge in [-0.15, -0.1) is 5.10 Å². The Hall–Kier alpha value is -1.51. The van der Waals surface area contributed by atoms with Gasteiger partial charge in [-0.3, -0.25) is 4.79 Å². The summed E-state index contributed by atoms with van der Waals surface area (Å²) in [6, 6.07) is 0. The monoisotopic (exact) mass is 318 g/mol. The van der Waals surface area contributed by atoms with Crippen molar-refractivity contribution in [1.29, 1.82) is 0 Å². The molecule has 1 heterocycles. The third-order valence-corrected chi connectivity index (χ3v) is 5.53. The SMILES string of the molecule is CC(C)CC(Cn1nnnc1C(C)(C)S(C)(=O)=O)C(=O)O. The smallest absolute Gasteiger partial charge is 0.308 e. The number of rotatable bonds is 7. The largest absolute Gasteiger partial charge is 0.481 e. The Morgan fingerprint density at radius 1 is 1.38 bits per heavy atom. The van der Waals surface area contributed by atoms with Crippen LogP contribution in [0.15, 0.2) is 0 Å². The van der Waals surface area contributed by atoms with Gasteiger partial charge < -0.3 is 5.11 Å². The average molecular weight is 318 g/mol. The first kappa shape index (κ1) is 17.5. The van der Waals surface area contributed by atoms with E-state index in [1.807, 2.05) is 13.8 Å². The lowest BCUT2D eigenvalue weighted by molar-refractivity contribution is -0.142. The lowest BCUT2D eigenvalue weighted by Gasteiger charge is -2.22. The van der Waals surface area contributed by atoms with Crippen LogP contribution in [0.3, 0.4) is 0 Å². The normalized spacial score (nSPS) is 14.4. The van der Waals surface area contributed by atoms with E-state index in [1.165, 1.54) is 18.5 Å². The summed E-state index contributed by atoms with van der Waals surface area (Å²) in [6.45, 7) is 6.91. The summed E-state index contributed by atoms with van der Waals surface area (Å²) in [4.78, 5) is 11.3. The first-order valence-corrected chi connectivity index (χ1v) is 8.55. The van der Waals surface area contributed by atoms with Crippen LogP contribution in [0.4, 0.5) is 0 Å². The van der Waals surface area contributed by atoms with E-state index in [1.54, 1.807) is 0 Å². The fraction of sp³-hybridized carbons (Fsp3) is 0.833. The Balaban J connectivity index is 3.12. The van der Waals surface area contributed by atoms with Gasteiger partial charge in [0.2, 0.25) is 0 Å². The van der Waals surface area contributed by atoms with Crippen molar-refractivity contribution in [2.24, 2.45) is 11.8 Å². The maximum Gasteiger partial charge on any atom is 0.308 e. The predicted octanol–water partition coefficient (Wildman–Crippen LogP) is 0.700. The second-order valence-corrected chi connectivity index (χ2v) is 8.70. The first-order chi connectivity index (χ1) is 9.46. The summed E-state index contributed by atoms with van der Waals surface area (Å²) in [5.74, 6) is -1.25. The van der Waals surface area contributed by atoms with Gasteiger partial charge in [-0.1, -0.05) is 13.8 Å². The standard InChI is InChI=1S/C12H22N4O4S/c1-8(2)6-9(10(17)18)7-16-11(13-14-15-16)12(3,4)21(5,19)20/h8-9H,6-7H2,1-5H3,(H,17,18). The maximum absolute atomic E-state index is 11.9. The molecule has 8 nitrogen and oxygen atoms in total. The molecule has 0 amide bonds. The number of nitrogens with zero attached hydrogens (tertiary/aromatic N) is 4. The molecule has 0 radical (unpaired) electrons. The zero-order chi connectivity index (χ0) is 16.4. The summed E-state index contributed by atoms with van der Waals surface area (Å²) in [7, 11) is -3.44. The number of aliphatic carboxylic acids is 1. The highest BCUT2D eigenvalue weighted by Gasteiger charge is 2.38. The third kappa shape index (κ3) is 3.99. The molecular formula is C12H22N4O4S. The van der Waals surface area contributed by atoms with Crippen molar-refractivity contribution >= 4 is 15.8 Å². The van der Waals surface area contributed by atoms with Crippen molar-refractivity contribution in [3.63, 3.8) is 0 Å². The molecule has 1 aromatic heterocycles. The van der Waals surface area contributed by atoms with Crippen molar-refractivity contribution in [3.05, 3.63) is 5.82 Å². The molecule has 0 aliphatic carbocycles. The molecule has 1 N–H and O–H groups in total. The van der Waals surface area contributed by atoms with Gasteiger partial charge in [-0.2, -0.15) is 0 Å². The number of hydrogen-bond donors (Lipinski definition) is 1. The summed E-state index contributed by atoms with van der Waals surface area (Å²) in [5, 5.41) is 20.3. The van der Waals surface area contributed by atoms with Crippen LogP contribution < -0.4 is 0 Å². The number of carboxylic acids is 1. The van der Waals surface area contributed by atoms with Crippen molar-refractivity contribution in [3.8, 4) is 0 Å². The van der Waals surface area contributed by atoms with Gasteiger partial charge in [0.25, 0.3) is 0 Å². The second kappa shape index (κ2) is 6.08. The summed E-state index contributed by atoms with van der Waals surface area (Å²) >= 11 is 0. The molecule has 1 atom stereocenters. The third-order valence-electron chi connectivity index (χ3n) is 3.50. The average Bonchev–Trinajstić information content (AvgIpc) is 2.74. The van der Waals surface area contributed by atoms with Crippen LogP contribution in [-0.2, 0) is 25.9 Å². The Labute approximate surface area is 124 Å². The zero-order valence-electron chi connectivity index (χ0n) is 12.9. The number of tetrazole rings is 1. The molecule has 0 aromatic carbocycles. The lowest BCUT2D eigenvalue weighted by atomic mass is 9.97. The summed E-state index contributed by atoms with van der Waals surface area (Å²) in [5.41, 5.74) is 0. The van der Waals surface area contributed by atoms with Crippen molar-refractivity contribution < 1.29 is 18.3 Å². The van der Waals surface area contributed by atoms with Crippen molar-refractivity contribution in [2.75, 3.05) is 6.26 Å². The molecule has 1 rings (SSSR count). The fourth-order valence-corrected chi connectivity index (χ4v) is 2.43. The molecule has 1 aromatic rings. The van der Waals surface area contributed by atoms with E-state index < -0.39 is 26.5 Å². The number of carbonyl (C=O) groups is 1. The number of hydrogen-bond acceptors (Lipinski definition) is 6. The van der Waals surface area contributed by atoms with E-state index in [2.05, 4.69) is 15.5 Å². The molecule has 21 heavy (non-hydrogen) atoms. The molecule has 120 valence electrons. The Kier molecular flexibility index (Phi) is 5.08. The van der Waals surface area contributed by atoms with Gasteiger partial charge in [0.1, 0.15) is 4.75 Å². The molecule has 9 heteroatoms. The van der Waals surface area contributed by atoms with Crippen molar-refractivity contribution in [1.82, 2.24) is 20.2 Å². The van der Waals surface area contributed by atoms with Crippen LogP contribution in [0, 0.1) is 11.8 Å². The van der Waals surface area contributed by atoms with Crippen LogP contribution in [0.5, 0.6) is 0 Å². The number of carboxylic acid groups (broad SMARTS) is 1. The van der Waals surface area contributed by atoms with Gasteiger partial charge in [0, 0.05) is 6.26 Å². The number of aromatic nitrogens is 4. The lowest BCUT2D eigenvalue weighted by Crippen LogP contribution is -2.34. The van der Waals surface area contributed by atoms with Crippen LogP contribution >= 0.6 is 0 Å².